The van der Waals surface area contributed by atoms with Gasteiger partial charge in [-0.15, -0.1) is 0 Å². The zero-order chi connectivity index (χ0) is 12.4. The lowest BCUT2D eigenvalue weighted by molar-refractivity contribution is 0.0189. The molecule has 0 amide bonds. The topological polar surface area (TPSA) is 123 Å². The number of nitroso groups, excluding NO2 is 2. The van der Waals surface area contributed by atoms with Crippen LogP contribution in [0.25, 0.3) is 0 Å². The molecule has 0 aromatic carbocycles. The number of nitrogens with zero attached hydrogens (tertiary/aromatic N) is 3. The van der Waals surface area contributed by atoms with E-state index in [0.29, 0.717) is 0 Å². The van der Waals surface area contributed by atoms with Gasteiger partial charge in [-0.1, -0.05) is 10.4 Å². The third-order valence-corrected chi connectivity index (χ3v) is 2.42. The Hall–Kier alpha value is -0.960. The number of aliphatic hydroxyl groups excluding tert-OH is 3. The summed E-state index contributed by atoms with van der Waals surface area (Å²) in [6.45, 7) is -1.35. The maximum absolute atomic E-state index is 10.3. The van der Waals surface area contributed by atoms with Gasteiger partial charge in [0.2, 0.25) is 0 Å². The average molecular weight is 235 g/mol. The van der Waals surface area contributed by atoms with Gasteiger partial charge in [-0.05, 0) is 0 Å². The highest BCUT2D eigenvalue weighted by Crippen LogP contribution is 2.16. The Morgan fingerprint density at radius 2 is 1.38 bits per heavy atom. The number of aliphatic hydroxyl groups is 3. The van der Waals surface area contributed by atoms with E-state index in [1.807, 2.05) is 0 Å². The van der Waals surface area contributed by atoms with Crippen LogP contribution in [-0.4, -0.2) is 71.8 Å². The van der Waals surface area contributed by atoms with Crippen molar-refractivity contribution in [1.29, 1.82) is 0 Å². The molecule has 0 saturated carbocycles. The van der Waals surface area contributed by atoms with Crippen molar-refractivity contribution in [2.45, 2.75) is 5.54 Å². The van der Waals surface area contributed by atoms with Gasteiger partial charge in [0.15, 0.2) is 0 Å². The summed E-state index contributed by atoms with van der Waals surface area (Å²) in [7, 11) is 0. The van der Waals surface area contributed by atoms with E-state index in [2.05, 4.69) is 10.4 Å². The summed E-state index contributed by atoms with van der Waals surface area (Å²) >= 11 is 0. The Kier molecular flexibility index (Phi) is 7.73. The molecule has 94 valence electrons. The van der Waals surface area contributed by atoms with Crippen molar-refractivity contribution in [1.82, 2.24) is 4.90 Å². The first-order valence-electron chi connectivity index (χ1n) is 4.86. The van der Waals surface area contributed by atoms with Crippen LogP contribution in [0.2, 0.25) is 0 Å². The molecule has 0 heterocycles. The number of β-amino-alcohol motifs (C(OH)–C–C–N with tert-alkyl or cyclic N) is 2. The zero-order valence-corrected chi connectivity index (χ0v) is 8.95. The maximum Gasteiger partial charge on any atom is 0.104 e. The second kappa shape index (κ2) is 8.22. The van der Waals surface area contributed by atoms with Crippen molar-refractivity contribution in [2.75, 3.05) is 46.0 Å². The van der Waals surface area contributed by atoms with Gasteiger partial charge in [-0.2, -0.15) is 9.81 Å². The van der Waals surface area contributed by atoms with Crippen LogP contribution in [0.5, 0.6) is 0 Å². The van der Waals surface area contributed by atoms with E-state index in [4.69, 9.17) is 10.2 Å². The molecule has 0 saturated heterocycles. The summed E-state index contributed by atoms with van der Waals surface area (Å²) in [5.41, 5.74) is -1.23. The molecule has 0 aliphatic heterocycles. The van der Waals surface area contributed by atoms with E-state index in [1.54, 1.807) is 0 Å². The Balaban J connectivity index is 4.87. The van der Waals surface area contributed by atoms with Crippen molar-refractivity contribution < 1.29 is 15.3 Å². The highest BCUT2D eigenvalue weighted by atomic mass is 16.3. The van der Waals surface area contributed by atoms with Crippen molar-refractivity contribution in [3.63, 3.8) is 0 Å². The van der Waals surface area contributed by atoms with Crippen LogP contribution in [-0.2, 0) is 0 Å². The lowest BCUT2D eigenvalue weighted by atomic mass is 9.98. The summed E-state index contributed by atoms with van der Waals surface area (Å²) in [5.74, 6) is 0. The summed E-state index contributed by atoms with van der Waals surface area (Å²) in [4.78, 5) is 22.1. The standard InChI is InChI=1S/C8H17N3O5/c12-3-1-11(2-4-13)8(7-14,5-9-15)6-10-16/h12-14H,1-7H2. The van der Waals surface area contributed by atoms with Gasteiger partial charge in [0, 0.05) is 13.1 Å². The van der Waals surface area contributed by atoms with Crippen LogP contribution in [0.15, 0.2) is 10.4 Å². The number of hydrogen-bond acceptors (Lipinski definition) is 8. The van der Waals surface area contributed by atoms with Gasteiger partial charge in [-0.3, -0.25) is 4.90 Å². The van der Waals surface area contributed by atoms with Crippen LogP contribution in [0.4, 0.5) is 0 Å². The maximum atomic E-state index is 10.3. The van der Waals surface area contributed by atoms with Crippen molar-refractivity contribution in [2.24, 2.45) is 10.4 Å². The highest BCUT2D eigenvalue weighted by molar-refractivity contribution is 4.94. The molecule has 16 heavy (non-hydrogen) atoms. The lowest BCUT2D eigenvalue weighted by Crippen LogP contribution is -2.58. The Bertz CT molecular complexity index is 198. The van der Waals surface area contributed by atoms with Crippen LogP contribution in [0.3, 0.4) is 0 Å². The average Bonchev–Trinajstić information content (AvgIpc) is 2.28. The monoisotopic (exact) mass is 235 g/mol. The van der Waals surface area contributed by atoms with Crippen molar-refractivity contribution in [3.05, 3.63) is 9.81 Å². The van der Waals surface area contributed by atoms with Crippen molar-refractivity contribution in [3.8, 4) is 0 Å². The van der Waals surface area contributed by atoms with E-state index >= 15 is 0 Å². The van der Waals surface area contributed by atoms with Crippen LogP contribution >= 0.6 is 0 Å². The fourth-order valence-electron chi connectivity index (χ4n) is 1.52. The first kappa shape index (κ1) is 15.0. The number of hydrogen-bond donors (Lipinski definition) is 3. The molecule has 0 atom stereocenters. The first-order valence-corrected chi connectivity index (χ1v) is 4.86. The quantitative estimate of drug-likeness (QED) is 0.397. The Morgan fingerprint density at radius 3 is 1.62 bits per heavy atom. The van der Waals surface area contributed by atoms with E-state index in [-0.39, 0.29) is 39.4 Å². The predicted octanol–water partition coefficient (Wildman–Crippen LogP) is -1.46. The van der Waals surface area contributed by atoms with E-state index in [9.17, 15) is 14.9 Å². The molecule has 0 spiro atoms. The molecule has 0 radical (unpaired) electrons. The first-order chi connectivity index (χ1) is 7.70. The van der Waals surface area contributed by atoms with Crippen molar-refractivity contribution >= 4 is 0 Å². The molecule has 0 fully saturated rings. The van der Waals surface area contributed by atoms with Crippen LogP contribution in [0.1, 0.15) is 0 Å². The van der Waals surface area contributed by atoms with Gasteiger partial charge in [-0.25, -0.2) is 0 Å². The van der Waals surface area contributed by atoms with Gasteiger partial charge in [0.05, 0.1) is 25.4 Å². The normalized spacial score (nSPS) is 11.8. The molecule has 3 N–H and O–H groups in total. The SMILES string of the molecule is O=NCC(CO)(CN=O)N(CCO)CCO. The molecule has 0 aliphatic carbocycles. The Labute approximate surface area is 92.8 Å². The second-order valence-electron chi connectivity index (χ2n) is 3.39. The predicted molar refractivity (Wildman–Crippen MR) is 56.9 cm³/mol. The molecule has 8 heteroatoms. The van der Waals surface area contributed by atoms with E-state index in [1.165, 1.54) is 4.90 Å². The minimum Gasteiger partial charge on any atom is -0.395 e. The number of rotatable bonds is 10. The molecular weight excluding hydrogens is 218 g/mol. The molecule has 0 aromatic rings. The minimum absolute atomic E-state index is 0.117. The third-order valence-electron chi connectivity index (χ3n) is 2.42. The third kappa shape index (κ3) is 3.89. The van der Waals surface area contributed by atoms with Gasteiger partial charge in [0.25, 0.3) is 0 Å². The summed E-state index contributed by atoms with van der Waals surface area (Å²) in [6.07, 6.45) is 0. The highest BCUT2D eigenvalue weighted by Gasteiger charge is 2.37. The Morgan fingerprint density at radius 1 is 0.938 bits per heavy atom. The molecule has 0 bridgehead atoms. The summed E-state index contributed by atoms with van der Waals surface area (Å²) < 4.78 is 0. The molecule has 0 rings (SSSR count). The second-order valence-corrected chi connectivity index (χ2v) is 3.39. The van der Waals surface area contributed by atoms with E-state index in [0.717, 1.165) is 0 Å². The fraction of sp³-hybridized carbons (Fsp3) is 1.00. The van der Waals surface area contributed by atoms with Crippen LogP contribution in [0, 0.1) is 9.81 Å². The summed E-state index contributed by atoms with van der Waals surface area (Å²) in [5, 5.41) is 32.3. The molecule has 0 aromatic heterocycles. The van der Waals surface area contributed by atoms with Gasteiger partial charge < -0.3 is 15.3 Å². The molecular formula is C8H17N3O5. The molecule has 0 unspecified atom stereocenters. The largest absolute Gasteiger partial charge is 0.395 e. The summed E-state index contributed by atoms with van der Waals surface area (Å²) in [6, 6.07) is 0. The minimum atomic E-state index is -1.23. The van der Waals surface area contributed by atoms with Gasteiger partial charge in [0.1, 0.15) is 13.1 Å². The molecule has 0 aliphatic rings. The van der Waals surface area contributed by atoms with E-state index < -0.39 is 12.1 Å². The lowest BCUT2D eigenvalue weighted by Gasteiger charge is -2.38. The fourth-order valence-corrected chi connectivity index (χ4v) is 1.52. The van der Waals surface area contributed by atoms with Gasteiger partial charge >= 0.3 is 0 Å². The van der Waals surface area contributed by atoms with Crippen LogP contribution < -0.4 is 0 Å². The zero-order valence-electron chi connectivity index (χ0n) is 8.95. The molecule has 8 nitrogen and oxygen atoms in total. The smallest absolute Gasteiger partial charge is 0.104 e.